The molecule has 0 N–H and O–H groups in total. The van der Waals surface area contributed by atoms with Gasteiger partial charge in [0.1, 0.15) is 11.2 Å². The molecule has 0 amide bonds. The number of aromatic nitrogens is 1. The van der Waals surface area contributed by atoms with Gasteiger partial charge in [0.25, 0.3) is 0 Å². The minimum absolute atomic E-state index is 0.572. The monoisotopic (exact) mass is 1100 g/mol. The van der Waals surface area contributed by atoms with Crippen molar-refractivity contribution in [2.45, 2.75) is 10.8 Å². The fourth-order valence-corrected chi connectivity index (χ4v) is 16.2. The SMILES string of the molecule is c1ccc(C2(c3ccccc3)c3ccccc3-c3c(N(c4ccc(-c5ccc6oc7ccccc7c6c5)cc4)c4ccc(-c5ccc6c(c5)C5(c7ccccc7-6)c6ccccc6-n6c7ccccc7c7cccc5c76)c5ccccc45)cccc32)cc1. The lowest BCUT2D eigenvalue weighted by Gasteiger charge is -2.39. The predicted octanol–water partition coefficient (Wildman–Crippen LogP) is 21.7. The van der Waals surface area contributed by atoms with Crippen LogP contribution in [0, 0.1) is 0 Å². The van der Waals surface area contributed by atoms with E-state index in [2.05, 4.69) is 313 Å². The van der Waals surface area contributed by atoms with Crippen molar-refractivity contribution in [3.8, 4) is 50.2 Å². The summed E-state index contributed by atoms with van der Waals surface area (Å²) in [6.45, 7) is 0. The summed E-state index contributed by atoms with van der Waals surface area (Å²) in [5, 5.41) is 7.14. The maximum absolute atomic E-state index is 6.29. The summed E-state index contributed by atoms with van der Waals surface area (Å²) < 4.78 is 8.82. The van der Waals surface area contributed by atoms with Crippen LogP contribution in [0.5, 0.6) is 0 Å². The molecule has 0 fully saturated rings. The molecule has 404 valence electrons. The Bertz CT molecular complexity index is 5500. The highest BCUT2D eigenvalue weighted by atomic mass is 16.3. The lowest BCUT2D eigenvalue weighted by molar-refractivity contribution is 0.669. The third kappa shape index (κ3) is 6.44. The van der Waals surface area contributed by atoms with Crippen LogP contribution in [0.1, 0.15) is 44.5 Å². The summed E-state index contributed by atoms with van der Waals surface area (Å²) in [5.41, 5.74) is 27.6. The van der Waals surface area contributed by atoms with Crippen molar-refractivity contribution < 1.29 is 4.42 Å². The normalized spacial score (nSPS) is 14.8. The summed E-state index contributed by atoms with van der Waals surface area (Å²) in [5.74, 6) is 0. The number of fused-ring (bicyclic) bond motifs is 19. The lowest BCUT2D eigenvalue weighted by atomic mass is 9.65. The summed E-state index contributed by atoms with van der Waals surface area (Å²) in [7, 11) is 0. The highest BCUT2D eigenvalue weighted by Gasteiger charge is 2.51. The zero-order valence-corrected chi connectivity index (χ0v) is 47.3. The molecular formula is C84H52N2O. The van der Waals surface area contributed by atoms with E-state index in [0.29, 0.717) is 0 Å². The van der Waals surface area contributed by atoms with E-state index < -0.39 is 10.8 Å². The Kier molecular flexibility index (Phi) is 10.0. The molecule has 16 aromatic rings. The van der Waals surface area contributed by atoms with Gasteiger partial charge in [-0.2, -0.15) is 0 Å². The van der Waals surface area contributed by atoms with Crippen molar-refractivity contribution in [2.24, 2.45) is 0 Å². The Morgan fingerprint density at radius 1 is 0.287 bits per heavy atom. The third-order valence-electron chi connectivity index (χ3n) is 19.7. The lowest BCUT2D eigenvalue weighted by Crippen LogP contribution is -2.33. The van der Waals surface area contributed by atoms with Gasteiger partial charge in [-0.1, -0.05) is 255 Å². The molecule has 0 radical (unpaired) electrons. The molecule has 0 saturated carbocycles. The molecule has 0 saturated heterocycles. The van der Waals surface area contributed by atoms with Crippen LogP contribution in [0.2, 0.25) is 0 Å². The second kappa shape index (κ2) is 18.1. The number of para-hydroxylation sites is 4. The molecule has 2 aromatic heterocycles. The van der Waals surface area contributed by atoms with Crippen LogP contribution >= 0.6 is 0 Å². The number of hydrogen-bond donors (Lipinski definition) is 0. The zero-order chi connectivity index (χ0) is 57.0. The molecule has 1 aliphatic heterocycles. The minimum atomic E-state index is -0.576. The summed E-state index contributed by atoms with van der Waals surface area (Å²) >= 11 is 0. The molecule has 3 aliphatic rings. The van der Waals surface area contributed by atoms with Gasteiger partial charge >= 0.3 is 0 Å². The zero-order valence-electron chi connectivity index (χ0n) is 47.3. The van der Waals surface area contributed by atoms with Crippen molar-refractivity contribution in [1.29, 1.82) is 0 Å². The van der Waals surface area contributed by atoms with E-state index in [1.807, 2.05) is 12.1 Å². The van der Waals surface area contributed by atoms with Crippen LogP contribution in [0.3, 0.4) is 0 Å². The molecule has 87 heavy (non-hydrogen) atoms. The molecule has 14 aromatic carbocycles. The van der Waals surface area contributed by atoms with Gasteiger partial charge in [-0.3, -0.25) is 0 Å². The van der Waals surface area contributed by atoms with E-state index in [0.717, 1.165) is 55.5 Å². The van der Waals surface area contributed by atoms with Crippen molar-refractivity contribution in [3.05, 3.63) is 360 Å². The largest absolute Gasteiger partial charge is 0.456 e. The summed E-state index contributed by atoms with van der Waals surface area (Å²) in [6.07, 6.45) is 0. The van der Waals surface area contributed by atoms with Crippen LogP contribution in [0.15, 0.2) is 320 Å². The van der Waals surface area contributed by atoms with Gasteiger partial charge in [0.15, 0.2) is 0 Å². The van der Waals surface area contributed by atoms with E-state index in [-0.39, 0.29) is 0 Å². The Hall–Kier alpha value is -11.3. The van der Waals surface area contributed by atoms with Gasteiger partial charge < -0.3 is 13.9 Å². The average molecular weight is 1110 g/mol. The molecule has 19 rings (SSSR count). The highest BCUT2D eigenvalue weighted by molar-refractivity contribution is 6.14. The van der Waals surface area contributed by atoms with E-state index >= 15 is 0 Å². The predicted molar refractivity (Wildman–Crippen MR) is 359 cm³/mol. The Morgan fingerprint density at radius 2 is 0.851 bits per heavy atom. The second-order valence-corrected chi connectivity index (χ2v) is 23.7. The number of anilines is 3. The standard InChI is InChI=1S/C84H52N2O/c1-3-21-56(22-4-1)83(57-23-5-2-6-24-57)70-33-14-10-30-67(70)81-72(83)35-20-39-78(81)85(58-45-41-53(42-46-58)54-44-50-80-68(51-54)65-29-12-18-40-79(65)87-80)76-49-48-59(60-25-7-8-27-63(60)76)55-43-47-62-61-26-9-13-32-69(61)84(74(62)52-55)71-34-15-17-38-77(71)86-75-37-16-11-28-64(75)66-31-19-36-73(84)82(66)86/h1-52H. The van der Waals surface area contributed by atoms with Gasteiger partial charge in [-0.15, -0.1) is 0 Å². The van der Waals surface area contributed by atoms with Crippen LogP contribution < -0.4 is 4.90 Å². The molecule has 3 heteroatoms. The fraction of sp³-hybridized carbons (Fsp3) is 0.0238. The minimum Gasteiger partial charge on any atom is -0.456 e. The average Bonchev–Trinajstić information content (AvgIpc) is 2.42. The Labute approximate surface area is 503 Å². The fourth-order valence-electron chi connectivity index (χ4n) is 16.2. The topological polar surface area (TPSA) is 21.3 Å². The summed E-state index contributed by atoms with van der Waals surface area (Å²) in [6, 6.07) is 118. The highest BCUT2D eigenvalue weighted by Crippen LogP contribution is 2.63. The van der Waals surface area contributed by atoms with E-state index in [9.17, 15) is 0 Å². The van der Waals surface area contributed by atoms with Gasteiger partial charge in [-0.05, 0) is 150 Å². The van der Waals surface area contributed by atoms with Gasteiger partial charge in [0.2, 0.25) is 0 Å². The maximum Gasteiger partial charge on any atom is 0.135 e. The molecule has 1 unspecified atom stereocenters. The van der Waals surface area contributed by atoms with Crippen LogP contribution in [0.4, 0.5) is 17.1 Å². The smallest absolute Gasteiger partial charge is 0.135 e. The van der Waals surface area contributed by atoms with Gasteiger partial charge in [0.05, 0.1) is 38.9 Å². The quantitative estimate of drug-likeness (QED) is 0.159. The Morgan fingerprint density at radius 3 is 1.66 bits per heavy atom. The van der Waals surface area contributed by atoms with Crippen molar-refractivity contribution in [1.82, 2.24) is 4.57 Å². The number of rotatable bonds is 7. The van der Waals surface area contributed by atoms with Crippen molar-refractivity contribution in [2.75, 3.05) is 4.90 Å². The molecule has 1 atom stereocenters. The summed E-state index contributed by atoms with van der Waals surface area (Å²) in [4.78, 5) is 2.54. The van der Waals surface area contributed by atoms with Crippen molar-refractivity contribution in [3.63, 3.8) is 0 Å². The molecule has 1 spiro atoms. The first kappa shape index (κ1) is 48.1. The van der Waals surface area contributed by atoms with Crippen molar-refractivity contribution >= 4 is 71.6 Å². The Balaban J connectivity index is 0.837. The second-order valence-electron chi connectivity index (χ2n) is 23.7. The van der Waals surface area contributed by atoms with Crippen LogP contribution in [-0.4, -0.2) is 4.57 Å². The van der Waals surface area contributed by atoms with E-state index in [1.54, 1.807) is 0 Å². The third-order valence-corrected chi connectivity index (χ3v) is 19.7. The van der Waals surface area contributed by atoms with E-state index in [4.69, 9.17) is 4.42 Å². The molecule has 0 bridgehead atoms. The first-order valence-electron chi connectivity index (χ1n) is 30.2. The van der Waals surface area contributed by atoms with Gasteiger partial charge in [-0.25, -0.2) is 0 Å². The number of hydrogen-bond acceptors (Lipinski definition) is 2. The number of furan rings is 1. The number of nitrogens with zero attached hydrogens (tertiary/aromatic N) is 2. The molecular weight excluding hydrogens is 1050 g/mol. The van der Waals surface area contributed by atoms with E-state index in [1.165, 1.54) is 111 Å². The first-order chi connectivity index (χ1) is 43.2. The maximum atomic E-state index is 6.29. The number of benzene rings is 14. The molecule has 3 nitrogen and oxygen atoms in total. The molecule has 2 aliphatic carbocycles. The van der Waals surface area contributed by atoms with Gasteiger partial charge in [0, 0.05) is 38.2 Å². The first-order valence-corrected chi connectivity index (χ1v) is 30.2. The van der Waals surface area contributed by atoms with Crippen LogP contribution in [-0.2, 0) is 10.8 Å². The van der Waals surface area contributed by atoms with Crippen LogP contribution in [0.25, 0.3) is 105 Å². The molecule has 3 heterocycles.